The minimum Gasteiger partial charge on any atom is -0.357 e. The lowest BCUT2D eigenvalue weighted by Crippen LogP contribution is -2.51. The number of hydrogen-bond acceptors (Lipinski definition) is 3. The summed E-state index contributed by atoms with van der Waals surface area (Å²) in [6.45, 7) is 7.77. The van der Waals surface area contributed by atoms with Gasteiger partial charge in [-0.25, -0.2) is 0 Å². The molecule has 7 heteroatoms. The van der Waals surface area contributed by atoms with Gasteiger partial charge >= 0.3 is 0 Å². The fraction of sp³-hybridized carbons (Fsp3) is 0.619. The van der Waals surface area contributed by atoms with Gasteiger partial charge in [0.15, 0.2) is 5.96 Å². The van der Waals surface area contributed by atoms with E-state index in [4.69, 9.17) is 0 Å². The van der Waals surface area contributed by atoms with Crippen molar-refractivity contribution in [3.8, 4) is 0 Å². The van der Waals surface area contributed by atoms with E-state index in [1.807, 2.05) is 0 Å². The van der Waals surface area contributed by atoms with E-state index in [-0.39, 0.29) is 29.9 Å². The minimum atomic E-state index is 0. The molecule has 1 aromatic rings. The molecule has 1 heterocycles. The zero-order chi connectivity index (χ0) is 19.6. The molecule has 158 valence electrons. The number of likely N-dealkylation sites (tertiary alicyclic amines) is 1. The number of amides is 1. The molecule has 2 N–H and O–H groups in total. The third-order valence-corrected chi connectivity index (χ3v) is 5.02. The number of rotatable bonds is 7. The first-order valence-corrected chi connectivity index (χ1v) is 10.0. The van der Waals surface area contributed by atoms with E-state index in [1.165, 1.54) is 5.56 Å². The van der Waals surface area contributed by atoms with Crippen LogP contribution in [0, 0.1) is 0 Å². The van der Waals surface area contributed by atoms with E-state index in [9.17, 15) is 4.79 Å². The van der Waals surface area contributed by atoms with Gasteiger partial charge < -0.3 is 15.5 Å². The van der Waals surface area contributed by atoms with Crippen LogP contribution in [0.25, 0.3) is 0 Å². The van der Waals surface area contributed by atoms with Crippen LogP contribution in [0.4, 0.5) is 0 Å². The summed E-state index contributed by atoms with van der Waals surface area (Å²) in [4.78, 5) is 20.4. The Hall–Kier alpha value is -1.35. The van der Waals surface area contributed by atoms with Gasteiger partial charge in [0, 0.05) is 52.2 Å². The van der Waals surface area contributed by atoms with Crippen molar-refractivity contribution in [2.24, 2.45) is 4.99 Å². The first kappa shape index (κ1) is 24.7. The maximum absolute atomic E-state index is 11.7. The minimum absolute atomic E-state index is 0. The van der Waals surface area contributed by atoms with Crippen LogP contribution < -0.4 is 10.6 Å². The summed E-state index contributed by atoms with van der Waals surface area (Å²) in [5.74, 6) is 0.926. The summed E-state index contributed by atoms with van der Waals surface area (Å²) >= 11 is 0. The average Bonchev–Trinajstić information content (AvgIpc) is 2.64. The number of carbonyl (C=O) groups is 1. The van der Waals surface area contributed by atoms with Crippen molar-refractivity contribution >= 4 is 35.8 Å². The van der Waals surface area contributed by atoms with Gasteiger partial charge in [0.05, 0.1) is 6.54 Å². The van der Waals surface area contributed by atoms with E-state index in [0.717, 1.165) is 38.4 Å². The third-order valence-electron chi connectivity index (χ3n) is 5.02. The fourth-order valence-corrected chi connectivity index (χ4v) is 3.40. The molecule has 2 unspecified atom stereocenters. The number of aliphatic imine (C=N–C) groups is 1. The maximum Gasteiger partial charge on any atom is 0.223 e. The van der Waals surface area contributed by atoms with E-state index >= 15 is 0 Å². The van der Waals surface area contributed by atoms with Crippen molar-refractivity contribution < 1.29 is 4.79 Å². The summed E-state index contributed by atoms with van der Waals surface area (Å²) in [5.41, 5.74) is 1.37. The number of benzene rings is 1. The third kappa shape index (κ3) is 8.34. The van der Waals surface area contributed by atoms with Crippen LogP contribution in [-0.4, -0.2) is 67.5 Å². The largest absolute Gasteiger partial charge is 0.357 e. The van der Waals surface area contributed by atoms with E-state index in [1.54, 1.807) is 19.0 Å². The molecule has 1 aromatic carbocycles. The Morgan fingerprint density at radius 2 is 2.00 bits per heavy atom. The highest BCUT2D eigenvalue weighted by Gasteiger charge is 2.25. The Labute approximate surface area is 187 Å². The highest BCUT2D eigenvalue weighted by atomic mass is 127. The van der Waals surface area contributed by atoms with Crippen molar-refractivity contribution in [2.45, 2.75) is 51.7 Å². The Kier molecular flexibility index (Phi) is 11.4. The predicted octanol–water partition coefficient (Wildman–Crippen LogP) is 2.69. The molecule has 6 nitrogen and oxygen atoms in total. The molecule has 1 aliphatic rings. The van der Waals surface area contributed by atoms with Crippen LogP contribution in [0.5, 0.6) is 0 Å². The lowest BCUT2D eigenvalue weighted by atomic mass is 9.97. The molecule has 1 amide bonds. The molecule has 0 aromatic heterocycles. The van der Waals surface area contributed by atoms with E-state index < -0.39 is 0 Å². The summed E-state index contributed by atoms with van der Waals surface area (Å²) in [5, 5.41) is 6.86. The lowest BCUT2D eigenvalue weighted by molar-refractivity contribution is -0.128. The topological polar surface area (TPSA) is 60.0 Å². The van der Waals surface area contributed by atoms with E-state index in [2.05, 4.69) is 64.7 Å². The standard InChI is InChI=1S/C21H35N5O.HI/c1-5-22-21(23-13-11-20(27)25(3)4)24-19-12-14-26(17(2)15-19)16-18-9-7-6-8-10-18;/h6-10,17,19H,5,11-16H2,1-4H3,(H2,22,23,24);1H. The molecule has 28 heavy (non-hydrogen) atoms. The highest BCUT2D eigenvalue weighted by molar-refractivity contribution is 14.0. The van der Waals surface area contributed by atoms with Crippen molar-refractivity contribution in [1.82, 2.24) is 20.4 Å². The molecule has 0 spiro atoms. The molecule has 1 aliphatic heterocycles. The van der Waals surface area contributed by atoms with Gasteiger partial charge in [-0.3, -0.25) is 14.7 Å². The van der Waals surface area contributed by atoms with Crippen molar-refractivity contribution in [3.05, 3.63) is 35.9 Å². The molecular formula is C21H36IN5O. The second-order valence-corrected chi connectivity index (χ2v) is 7.47. The normalized spacial score (nSPS) is 20.2. The Morgan fingerprint density at radius 3 is 2.61 bits per heavy atom. The van der Waals surface area contributed by atoms with Gasteiger partial charge in [-0.1, -0.05) is 30.3 Å². The molecule has 1 saturated heterocycles. The first-order valence-electron chi connectivity index (χ1n) is 10.0. The summed E-state index contributed by atoms with van der Waals surface area (Å²) in [6, 6.07) is 11.6. The Bertz CT molecular complexity index is 608. The molecule has 0 saturated carbocycles. The molecule has 0 bridgehead atoms. The smallest absolute Gasteiger partial charge is 0.223 e. The van der Waals surface area contributed by atoms with Crippen LogP contribution in [0.15, 0.2) is 35.3 Å². The lowest BCUT2D eigenvalue weighted by Gasteiger charge is -2.38. The van der Waals surface area contributed by atoms with Crippen molar-refractivity contribution in [1.29, 1.82) is 0 Å². The zero-order valence-corrected chi connectivity index (χ0v) is 20.0. The first-order chi connectivity index (χ1) is 13.0. The number of piperidine rings is 1. The molecule has 0 aliphatic carbocycles. The second-order valence-electron chi connectivity index (χ2n) is 7.47. The van der Waals surface area contributed by atoms with Crippen LogP contribution >= 0.6 is 24.0 Å². The number of guanidine groups is 1. The van der Waals surface area contributed by atoms with Crippen LogP contribution in [0.1, 0.15) is 38.7 Å². The van der Waals surface area contributed by atoms with Crippen LogP contribution in [0.2, 0.25) is 0 Å². The molecule has 2 rings (SSSR count). The number of carbonyl (C=O) groups excluding carboxylic acids is 1. The van der Waals surface area contributed by atoms with Crippen molar-refractivity contribution in [3.63, 3.8) is 0 Å². The molecular weight excluding hydrogens is 465 g/mol. The maximum atomic E-state index is 11.7. The molecule has 2 atom stereocenters. The van der Waals surface area contributed by atoms with Crippen LogP contribution in [0.3, 0.4) is 0 Å². The summed E-state index contributed by atoms with van der Waals surface area (Å²) in [6.07, 6.45) is 2.63. The van der Waals surface area contributed by atoms with Gasteiger partial charge in [-0.2, -0.15) is 0 Å². The monoisotopic (exact) mass is 501 g/mol. The molecule has 0 radical (unpaired) electrons. The number of hydrogen-bond donors (Lipinski definition) is 2. The predicted molar refractivity (Wildman–Crippen MR) is 127 cm³/mol. The van der Waals surface area contributed by atoms with E-state index in [0.29, 0.717) is 25.0 Å². The van der Waals surface area contributed by atoms with Gasteiger partial charge in [-0.05, 0) is 32.3 Å². The highest BCUT2D eigenvalue weighted by Crippen LogP contribution is 2.19. The van der Waals surface area contributed by atoms with Gasteiger partial charge in [-0.15, -0.1) is 24.0 Å². The zero-order valence-electron chi connectivity index (χ0n) is 17.6. The SMILES string of the molecule is CCNC(=NCCC(=O)N(C)C)NC1CCN(Cc2ccccc2)C(C)C1.I. The van der Waals surface area contributed by atoms with Gasteiger partial charge in [0.1, 0.15) is 0 Å². The van der Waals surface area contributed by atoms with Gasteiger partial charge in [0.25, 0.3) is 0 Å². The number of nitrogens with one attached hydrogen (secondary N) is 2. The number of halogens is 1. The summed E-state index contributed by atoms with van der Waals surface area (Å²) < 4.78 is 0. The van der Waals surface area contributed by atoms with Crippen molar-refractivity contribution in [2.75, 3.05) is 33.7 Å². The van der Waals surface area contributed by atoms with Crippen LogP contribution in [-0.2, 0) is 11.3 Å². The molecule has 1 fully saturated rings. The Morgan fingerprint density at radius 1 is 1.29 bits per heavy atom. The average molecular weight is 501 g/mol. The van der Waals surface area contributed by atoms with Gasteiger partial charge in [0.2, 0.25) is 5.91 Å². The number of nitrogens with zero attached hydrogens (tertiary/aromatic N) is 3. The fourth-order valence-electron chi connectivity index (χ4n) is 3.40. The Balaban J connectivity index is 0.00000392. The summed E-state index contributed by atoms with van der Waals surface area (Å²) in [7, 11) is 3.56. The second kappa shape index (κ2) is 13.0. The quantitative estimate of drug-likeness (QED) is 0.343.